The van der Waals surface area contributed by atoms with Crippen molar-refractivity contribution in [3.8, 4) is 0 Å². The maximum atomic E-state index is 13.1. The van der Waals surface area contributed by atoms with E-state index in [4.69, 9.17) is 5.11 Å². The Morgan fingerprint density at radius 1 is 1.15 bits per heavy atom. The molecule has 1 N–H and O–H groups in total. The number of carbonyl (C=O) groups is 1. The van der Waals surface area contributed by atoms with Crippen molar-refractivity contribution in [1.29, 1.82) is 0 Å². The van der Waals surface area contributed by atoms with Crippen LogP contribution in [0.15, 0.2) is 18.2 Å². The lowest BCUT2D eigenvalue weighted by Gasteiger charge is -2.51. The lowest BCUT2D eigenvalue weighted by Crippen LogP contribution is -2.60. The molecule has 6 rings (SSSR count). The van der Waals surface area contributed by atoms with E-state index < -0.39 is 0 Å². The summed E-state index contributed by atoms with van der Waals surface area (Å²) >= 11 is 0. The Hall–Kier alpha value is -1.10. The van der Waals surface area contributed by atoms with Crippen LogP contribution in [0, 0.1) is 5.92 Å². The molecule has 1 aromatic rings. The molecule has 0 saturated carbocycles. The summed E-state index contributed by atoms with van der Waals surface area (Å²) in [5.74, 6) is 1.64. The van der Waals surface area contributed by atoms with Gasteiger partial charge in [0.05, 0.1) is 0 Å². The lowest BCUT2D eigenvalue weighted by molar-refractivity contribution is 0.00258. The molecule has 2 bridgehead atoms. The molecule has 150 valence electrons. The molecular formula is C22H33ClN2O2. The average Bonchev–Trinajstić information content (AvgIpc) is 2.71. The second-order valence-electron chi connectivity index (χ2n) is 8.35. The average molecular weight is 393 g/mol. The highest BCUT2D eigenvalue weighted by Gasteiger charge is 2.43. The molecule has 5 aliphatic rings. The maximum absolute atomic E-state index is 13.1. The summed E-state index contributed by atoms with van der Waals surface area (Å²) in [6, 6.07) is 6.87. The smallest absolute Gasteiger partial charge is 0.254 e. The monoisotopic (exact) mass is 392 g/mol. The van der Waals surface area contributed by atoms with E-state index in [1.807, 2.05) is 6.92 Å². The topological polar surface area (TPSA) is 43.8 Å². The molecule has 0 aromatic heterocycles. The molecule has 0 unspecified atom stereocenters. The number of amides is 1. The van der Waals surface area contributed by atoms with Crippen LogP contribution < -0.4 is 0 Å². The van der Waals surface area contributed by atoms with Gasteiger partial charge in [0.25, 0.3) is 5.91 Å². The van der Waals surface area contributed by atoms with Gasteiger partial charge in [0.2, 0.25) is 0 Å². The van der Waals surface area contributed by atoms with Crippen LogP contribution in [0.2, 0.25) is 0 Å². The van der Waals surface area contributed by atoms with Gasteiger partial charge < -0.3 is 14.9 Å². The second kappa shape index (κ2) is 8.93. The zero-order chi connectivity index (χ0) is 18.1. The quantitative estimate of drug-likeness (QED) is 0.838. The van der Waals surface area contributed by atoms with Crippen molar-refractivity contribution in [1.82, 2.24) is 9.80 Å². The predicted molar refractivity (Wildman–Crippen MR) is 111 cm³/mol. The third-order valence-corrected chi connectivity index (χ3v) is 6.76. The lowest BCUT2D eigenvalue weighted by atomic mass is 9.75. The van der Waals surface area contributed by atoms with Gasteiger partial charge in [-0.05, 0) is 74.7 Å². The molecule has 3 fully saturated rings. The van der Waals surface area contributed by atoms with Gasteiger partial charge >= 0.3 is 0 Å². The van der Waals surface area contributed by atoms with Crippen molar-refractivity contribution in [2.45, 2.75) is 57.4 Å². The minimum Gasteiger partial charge on any atom is -0.396 e. The van der Waals surface area contributed by atoms with E-state index in [2.05, 4.69) is 28.0 Å². The van der Waals surface area contributed by atoms with E-state index in [9.17, 15) is 4.79 Å². The first kappa shape index (κ1) is 20.6. The van der Waals surface area contributed by atoms with Crippen LogP contribution in [-0.2, 0) is 6.42 Å². The maximum Gasteiger partial charge on any atom is 0.254 e. The van der Waals surface area contributed by atoms with E-state index in [-0.39, 0.29) is 12.4 Å². The molecule has 0 radical (unpaired) electrons. The zero-order valence-corrected chi connectivity index (χ0v) is 17.2. The SMILES string of the molecule is CCCO.Cl.O=C1c2cccc3c2[C@H](CCC3)CN1[C@@H]1CN2CCC1CC2. The Bertz CT molecular complexity index is 656. The third-order valence-electron chi connectivity index (χ3n) is 6.76. The van der Waals surface area contributed by atoms with E-state index in [0.717, 1.165) is 37.4 Å². The number of nitrogens with zero attached hydrogens (tertiary/aromatic N) is 2. The van der Waals surface area contributed by atoms with Gasteiger partial charge in [-0.1, -0.05) is 19.1 Å². The first-order valence-electron chi connectivity index (χ1n) is 10.5. The Morgan fingerprint density at radius 3 is 2.52 bits per heavy atom. The van der Waals surface area contributed by atoms with Gasteiger partial charge in [0, 0.05) is 37.2 Å². The molecule has 1 aromatic carbocycles. The van der Waals surface area contributed by atoms with Crippen LogP contribution in [0.5, 0.6) is 0 Å². The molecule has 4 nitrogen and oxygen atoms in total. The van der Waals surface area contributed by atoms with Crippen LogP contribution in [0.4, 0.5) is 0 Å². The molecule has 27 heavy (non-hydrogen) atoms. The summed E-state index contributed by atoms with van der Waals surface area (Å²) in [4.78, 5) is 18.0. The van der Waals surface area contributed by atoms with Gasteiger partial charge in [-0.3, -0.25) is 4.79 Å². The Kier molecular flexibility index (Phi) is 6.83. The summed E-state index contributed by atoms with van der Waals surface area (Å²) in [6.45, 7) is 6.82. The van der Waals surface area contributed by atoms with Crippen molar-refractivity contribution < 1.29 is 9.90 Å². The Labute approximate surface area is 169 Å². The molecule has 1 aliphatic carbocycles. The van der Waals surface area contributed by atoms with Crippen molar-refractivity contribution in [2.75, 3.05) is 32.8 Å². The highest BCUT2D eigenvalue weighted by molar-refractivity contribution is 5.98. The van der Waals surface area contributed by atoms with Crippen LogP contribution >= 0.6 is 12.4 Å². The first-order valence-corrected chi connectivity index (χ1v) is 10.5. The fourth-order valence-corrected chi connectivity index (χ4v) is 5.41. The van der Waals surface area contributed by atoms with Gasteiger partial charge in [0.1, 0.15) is 0 Å². The van der Waals surface area contributed by atoms with Crippen molar-refractivity contribution in [2.24, 2.45) is 5.92 Å². The number of aliphatic hydroxyl groups excluding tert-OH is 1. The normalized spacial score (nSPS) is 30.7. The number of halogens is 1. The van der Waals surface area contributed by atoms with Crippen molar-refractivity contribution in [3.05, 3.63) is 34.9 Å². The Balaban J connectivity index is 0.000000386. The van der Waals surface area contributed by atoms with Gasteiger partial charge in [-0.2, -0.15) is 0 Å². The third kappa shape index (κ3) is 3.90. The minimum absolute atomic E-state index is 0. The number of benzene rings is 1. The number of rotatable bonds is 2. The van der Waals surface area contributed by atoms with Crippen LogP contribution in [0.3, 0.4) is 0 Å². The highest BCUT2D eigenvalue weighted by Crippen LogP contribution is 2.41. The largest absolute Gasteiger partial charge is 0.396 e. The van der Waals surface area contributed by atoms with E-state index in [0.29, 0.717) is 24.5 Å². The summed E-state index contributed by atoms with van der Waals surface area (Å²) in [5, 5.41) is 7.88. The molecule has 5 heteroatoms. The highest BCUT2D eigenvalue weighted by atomic mass is 35.5. The van der Waals surface area contributed by atoms with Crippen LogP contribution in [0.25, 0.3) is 0 Å². The number of hydrogen-bond donors (Lipinski definition) is 1. The predicted octanol–water partition coefficient (Wildman–Crippen LogP) is 3.47. The summed E-state index contributed by atoms with van der Waals surface area (Å²) in [6.07, 6.45) is 7.14. The first-order chi connectivity index (χ1) is 12.7. The van der Waals surface area contributed by atoms with Gasteiger partial charge in [-0.25, -0.2) is 0 Å². The molecule has 3 saturated heterocycles. The van der Waals surface area contributed by atoms with Crippen LogP contribution in [-0.4, -0.2) is 59.6 Å². The number of fused-ring (bicyclic) bond motifs is 3. The number of carbonyl (C=O) groups excluding carboxylic acids is 1. The Morgan fingerprint density at radius 2 is 1.89 bits per heavy atom. The van der Waals surface area contributed by atoms with Crippen LogP contribution in [0.1, 0.15) is 66.4 Å². The molecule has 4 aliphatic heterocycles. The summed E-state index contributed by atoms with van der Waals surface area (Å²) in [7, 11) is 0. The van der Waals surface area contributed by atoms with Gasteiger partial charge in [0.15, 0.2) is 0 Å². The van der Waals surface area contributed by atoms with E-state index in [1.165, 1.54) is 49.9 Å². The van der Waals surface area contributed by atoms with E-state index in [1.54, 1.807) is 0 Å². The van der Waals surface area contributed by atoms with Gasteiger partial charge in [-0.15, -0.1) is 12.4 Å². The van der Waals surface area contributed by atoms with Crippen molar-refractivity contribution >= 4 is 18.3 Å². The molecular weight excluding hydrogens is 360 g/mol. The summed E-state index contributed by atoms with van der Waals surface area (Å²) in [5.41, 5.74) is 3.86. The summed E-state index contributed by atoms with van der Waals surface area (Å²) < 4.78 is 0. The standard InChI is InChI=1S/C19H24N2O.C3H8O.ClH/c22-19-16-6-2-4-14-3-1-5-15(18(14)16)11-21(19)17-12-20-9-7-13(17)8-10-20;1-2-3-4;/h2,4,6,13,15,17H,1,3,5,7-12H2;4H,2-3H2,1H3;1H/t15-,17-;;/m1../s1. The molecule has 0 spiro atoms. The second-order valence-corrected chi connectivity index (χ2v) is 8.35. The number of piperidine rings is 3. The fourth-order valence-electron chi connectivity index (χ4n) is 5.41. The fraction of sp³-hybridized carbons (Fsp3) is 0.682. The molecule has 2 atom stereocenters. The van der Waals surface area contributed by atoms with E-state index >= 15 is 0 Å². The van der Waals surface area contributed by atoms with Crippen molar-refractivity contribution in [3.63, 3.8) is 0 Å². The molecule has 1 amide bonds. The molecule has 4 heterocycles. The minimum atomic E-state index is 0. The number of aliphatic hydroxyl groups is 1. The number of aryl methyl sites for hydroxylation is 1. The zero-order valence-electron chi connectivity index (χ0n) is 16.4. The number of hydrogen-bond acceptors (Lipinski definition) is 3.